The van der Waals surface area contributed by atoms with E-state index >= 15 is 0 Å². The van der Waals surface area contributed by atoms with Crippen molar-refractivity contribution in [2.75, 3.05) is 52.0 Å². The molecule has 0 unspecified atom stereocenters. The molecule has 1 atom stereocenters. The highest BCUT2D eigenvalue weighted by Gasteiger charge is 2.31. The first-order valence-corrected chi connectivity index (χ1v) is 13.8. The van der Waals surface area contributed by atoms with Crippen LogP contribution in [0.2, 0.25) is 0 Å². The van der Waals surface area contributed by atoms with Crippen LogP contribution in [0.3, 0.4) is 0 Å². The molecule has 11 nitrogen and oxygen atoms in total. The maximum absolute atomic E-state index is 12.8. The van der Waals surface area contributed by atoms with Crippen LogP contribution in [-0.4, -0.2) is 80.8 Å². The van der Waals surface area contributed by atoms with Crippen LogP contribution in [0.5, 0.6) is 17.2 Å². The van der Waals surface area contributed by atoms with Crippen molar-refractivity contribution < 1.29 is 35.8 Å². The SMILES string of the molecule is COc1ccc(OC)c(N([C@H](C)C(=O)NCCOc2ccc(S(=O)(=O)N(C)C)cc2)S(C)(=O)=O)c1. The molecule has 0 bridgehead atoms. The maximum atomic E-state index is 12.8. The van der Waals surface area contributed by atoms with Gasteiger partial charge < -0.3 is 19.5 Å². The maximum Gasteiger partial charge on any atom is 0.243 e. The summed E-state index contributed by atoms with van der Waals surface area (Å²) in [7, 11) is -1.67. The fourth-order valence-corrected chi connectivity index (χ4v) is 5.23. The quantitative estimate of drug-likeness (QED) is 0.407. The van der Waals surface area contributed by atoms with Gasteiger partial charge in [0.1, 0.15) is 29.9 Å². The lowest BCUT2D eigenvalue weighted by Gasteiger charge is -2.29. The van der Waals surface area contributed by atoms with Crippen LogP contribution >= 0.6 is 0 Å². The molecule has 0 aliphatic rings. The van der Waals surface area contributed by atoms with Gasteiger partial charge in [-0.15, -0.1) is 0 Å². The predicted octanol–water partition coefficient (Wildman–Crippen LogP) is 1.30. The molecule has 1 amide bonds. The fourth-order valence-electron chi connectivity index (χ4n) is 3.16. The molecule has 2 aromatic rings. The van der Waals surface area contributed by atoms with E-state index in [1.165, 1.54) is 65.6 Å². The van der Waals surface area contributed by atoms with Gasteiger partial charge in [0.05, 0.1) is 37.6 Å². The fraction of sp³-hybridized carbons (Fsp3) is 0.409. The van der Waals surface area contributed by atoms with Gasteiger partial charge in [-0.25, -0.2) is 21.1 Å². The number of hydrogen-bond donors (Lipinski definition) is 1. The highest BCUT2D eigenvalue weighted by Crippen LogP contribution is 2.35. The lowest BCUT2D eigenvalue weighted by molar-refractivity contribution is -0.121. The number of benzene rings is 2. The monoisotopic (exact) mass is 529 g/mol. The van der Waals surface area contributed by atoms with Gasteiger partial charge in [-0.1, -0.05) is 0 Å². The van der Waals surface area contributed by atoms with E-state index < -0.39 is 32.0 Å². The van der Waals surface area contributed by atoms with Gasteiger partial charge in [0.15, 0.2) is 0 Å². The molecule has 0 spiro atoms. The van der Waals surface area contributed by atoms with Crippen LogP contribution in [0.4, 0.5) is 5.69 Å². The van der Waals surface area contributed by atoms with Crippen molar-refractivity contribution in [3.63, 3.8) is 0 Å². The number of rotatable bonds is 12. The Bertz CT molecular complexity index is 1230. The molecule has 0 fully saturated rings. The second-order valence-corrected chi connectivity index (χ2v) is 11.7. The van der Waals surface area contributed by atoms with E-state index in [4.69, 9.17) is 14.2 Å². The van der Waals surface area contributed by atoms with Crippen molar-refractivity contribution >= 4 is 31.6 Å². The summed E-state index contributed by atoms with van der Waals surface area (Å²) >= 11 is 0. The van der Waals surface area contributed by atoms with Crippen molar-refractivity contribution in [3.8, 4) is 17.2 Å². The first-order chi connectivity index (χ1) is 16.3. The number of sulfonamides is 2. The second-order valence-electron chi connectivity index (χ2n) is 7.67. The van der Waals surface area contributed by atoms with Crippen LogP contribution in [0, 0.1) is 0 Å². The molecule has 2 aromatic carbocycles. The number of methoxy groups -OCH3 is 2. The van der Waals surface area contributed by atoms with Crippen LogP contribution in [0.1, 0.15) is 6.92 Å². The molecule has 0 heterocycles. The largest absolute Gasteiger partial charge is 0.497 e. The number of anilines is 1. The first kappa shape index (κ1) is 28.2. The average molecular weight is 530 g/mol. The van der Waals surface area contributed by atoms with Crippen LogP contribution in [0.15, 0.2) is 47.4 Å². The molecule has 0 saturated heterocycles. The molecule has 194 valence electrons. The number of carbonyl (C=O) groups is 1. The van der Waals surface area contributed by atoms with Gasteiger partial charge >= 0.3 is 0 Å². The molecule has 1 N–H and O–H groups in total. The van der Waals surface area contributed by atoms with Crippen molar-refractivity contribution in [1.29, 1.82) is 0 Å². The van der Waals surface area contributed by atoms with E-state index in [9.17, 15) is 21.6 Å². The van der Waals surface area contributed by atoms with Gasteiger partial charge in [0, 0.05) is 20.2 Å². The normalized spacial score (nSPS) is 12.7. The van der Waals surface area contributed by atoms with Crippen molar-refractivity contribution in [2.45, 2.75) is 17.9 Å². The Hall–Kier alpha value is -3.03. The van der Waals surface area contributed by atoms with Gasteiger partial charge in [-0.3, -0.25) is 9.10 Å². The molecule has 0 aromatic heterocycles. The minimum Gasteiger partial charge on any atom is -0.497 e. The van der Waals surface area contributed by atoms with Crippen molar-refractivity contribution in [3.05, 3.63) is 42.5 Å². The van der Waals surface area contributed by atoms with E-state index in [-0.39, 0.29) is 29.5 Å². The Balaban J connectivity index is 2.05. The van der Waals surface area contributed by atoms with Gasteiger partial charge in [-0.2, -0.15) is 0 Å². The van der Waals surface area contributed by atoms with E-state index in [2.05, 4.69) is 5.32 Å². The lowest BCUT2D eigenvalue weighted by Crippen LogP contribution is -2.48. The summed E-state index contributed by atoms with van der Waals surface area (Å²) in [5.41, 5.74) is 0.168. The number of nitrogens with zero attached hydrogens (tertiary/aromatic N) is 2. The molecular formula is C22H31N3O8S2. The zero-order chi connectivity index (χ0) is 26.4. The number of amides is 1. The third-order valence-electron chi connectivity index (χ3n) is 4.98. The summed E-state index contributed by atoms with van der Waals surface area (Å²) in [4.78, 5) is 12.9. The summed E-state index contributed by atoms with van der Waals surface area (Å²) in [6.45, 7) is 1.63. The van der Waals surface area contributed by atoms with Gasteiger partial charge in [0.2, 0.25) is 26.0 Å². The zero-order valence-corrected chi connectivity index (χ0v) is 22.1. The van der Waals surface area contributed by atoms with E-state index in [1.54, 1.807) is 12.1 Å². The van der Waals surface area contributed by atoms with Crippen molar-refractivity contribution in [2.24, 2.45) is 0 Å². The van der Waals surface area contributed by atoms with Crippen LogP contribution in [0.25, 0.3) is 0 Å². The Morgan fingerprint density at radius 2 is 1.57 bits per heavy atom. The van der Waals surface area contributed by atoms with Crippen molar-refractivity contribution in [1.82, 2.24) is 9.62 Å². The Kier molecular flexibility index (Phi) is 9.35. The standard InChI is InChI=1S/C22H31N3O8S2/c1-16(25(34(6,27)28)20-15-18(31-4)9-12-21(20)32-5)22(26)23-13-14-33-17-7-10-19(11-8-17)35(29,30)24(2)3/h7-12,15-16H,13-14H2,1-6H3,(H,23,26)/t16-/m1/s1. The van der Waals surface area contributed by atoms with Gasteiger partial charge in [-0.05, 0) is 43.3 Å². The third kappa shape index (κ3) is 6.99. The Labute approximate surface area is 206 Å². The van der Waals surface area contributed by atoms with E-state index in [0.29, 0.717) is 11.5 Å². The smallest absolute Gasteiger partial charge is 0.243 e. The number of ether oxygens (including phenoxy) is 3. The predicted molar refractivity (Wildman–Crippen MR) is 132 cm³/mol. The first-order valence-electron chi connectivity index (χ1n) is 10.5. The lowest BCUT2D eigenvalue weighted by atomic mass is 10.2. The molecule has 0 aliphatic carbocycles. The Morgan fingerprint density at radius 3 is 2.09 bits per heavy atom. The molecule has 35 heavy (non-hydrogen) atoms. The molecule has 13 heteroatoms. The molecule has 0 aliphatic heterocycles. The van der Waals surface area contributed by atoms with E-state index in [1.807, 2.05) is 0 Å². The van der Waals surface area contributed by atoms with Crippen LogP contribution < -0.4 is 23.8 Å². The van der Waals surface area contributed by atoms with Crippen LogP contribution in [-0.2, 0) is 24.8 Å². The highest BCUT2D eigenvalue weighted by atomic mass is 32.2. The summed E-state index contributed by atoms with van der Waals surface area (Å²) in [5, 5.41) is 2.65. The third-order valence-corrected chi connectivity index (χ3v) is 8.04. The summed E-state index contributed by atoms with van der Waals surface area (Å²) in [6.07, 6.45) is 0.999. The summed E-state index contributed by atoms with van der Waals surface area (Å²) in [5.74, 6) is 0.541. The second kappa shape index (κ2) is 11.6. The summed E-state index contributed by atoms with van der Waals surface area (Å²) in [6, 6.07) is 9.44. The molecule has 0 saturated carbocycles. The molecule has 0 radical (unpaired) electrons. The topological polar surface area (TPSA) is 132 Å². The zero-order valence-electron chi connectivity index (χ0n) is 20.5. The van der Waals surface area contributed by atoms with Gasteiger partial charge in [0.25, 0.3) is 0 Å². The molecular weight excluding hydrogens is 498 g/mol. The number of nitrogens with one attached hydrogen (secondary N) is 1. The minimum absolute atomic E-state index is 0.0829. The minimum atomic E-state index is -3.86. The summed E-state index contributed by atoms with van der Waals surface area (Å²) < 4.78 is 67.5. The highest BCUT2D eigenvalue weighted by molar-refractivity contribution is 7.92. The Morgan fingerprint density at radius 1 is 0.971 bits per heavy atom. The van der Waals surface area contributed by atoms with E-state index in [0.717, 1.165) is 14.9 Å². The number of carbonyl (C=O) groups excluding carboxylic acids is 1. The number of hydrogen-bond acceptors (Lipinski definition) is 8. The molecule has 2 rings (SSSR count). The average Bonchev–Trinajstić information content (AvgIpc) is 2.80.